The highest BCUT2D eigenvalue weighted by molar-refractivity contribution is 8.12. The van der Waals surface area contributed by atoms with Gasteiger partial charge in [-0.1, -0.05) is 11.8 Å². The zero-order chi connectivity index (χ0) is 23.9. The fourth-order valence-corrected chi connectivity index (χ4v) is 2.70. The van der Waals surface area contributed by atoms with Gasteiger partial charge in [0, 0.05) is 26.4 Å². The van der Waals surface area contributed by atoms with Crippen LogP contribution in [0.1, 0.15) is 52.4 Å². The van der Waals surface area contributed by atoms with E-state index in [1.54, 1.807) is 6.26 Å². The first-order valence-corrected chi connectivity index (χ1v) is 12.8. The normalized spacial score (nSPS) is 12.2. The van der Waals surface area contributed by atoms with Crippen LogP contribution in [0.25, 0.3) is 0 Å². The van der Waals surface area contributed by atoms with Crippen LogP contribution in [-0.2, 0) is 23.7 Å². The van der Waals surface area contributed by atoms with Gasteiger partial charge in [0.1, 0.15) is 12.8 Å². The van der Waals surface area contributed by atoms with Gasteiger partial charge in [-0.15, -0.1) is 0 Å². The van der Waals surface area contributed by atoms with E-state index in [4.69, 9.17) is 18.9 Å². The van der Waals surface area contributed by atoms with Crippen molar-refractivity contribution in [2.24, 2.45) is 0 Å². The predicted octanol–water partition coefficient (Wildman–Crippen LogP) is 3.33. The molecule has 0 aliphatic heterocycles. The average Bonchev–Trinajstić information content (AvgIpc) is 2.77. The Hall–Kier alpha value is -0.940. The molecule has 0 rings (SSSR count). The molecular formula is C22H43FN2O6S. The molecule has 0 aromatic rings. The van der Waals surface area contributed by atoms with Gasteiger partial charge in [-0.3, -0.25) is 9.59 Å². The first-order chi connectivity index (χ1) is 15.5. The van der Waals surface area contributed by atoms with Crippen molar-refractivity contribution in [3.8, 4) is 0 Å². The number of alkyl halides is 1. The molecule has 0 saturated carbocycles. The van der Waals surface area contributed by atoms with Crippen molar-refractivity contribution in [3.63, 3.8) is 0 Å². The lowest BCUT2D eigenvalue weighted by molar-refractivity contribution is -0.127. The Balaban J connectivity index is 3.19. The second-order valence-electron chi connectivity index (χ2n) is 7.60. The third-order valence-electron chi connectivity index (χ3n) is 4.24. The molecule has 0 radical (unpaired) electrons. The van der Waals surface area contributed by atoms with Crippen LogP contribution in [0.5, 0.6) is 0 Å². The van der Waals surface area contributed by atoms with Gasteiger partial charge in [0.2, 0.25) is 5.91 Å². The highest BCUT2D eigenvalue weighted by Crippen LogP contribution is 2.00. The summed E-state index contributed by atoms with van der Waals surface area (Å²) in [5.41, 5.74) is 0. The molecule has 0 spiro atoms. The van der Waals surface area contributed by atoms with E-state index in [9.17, 15) is 14.0 Å². The van der Waals surface area contributed by atoms with Crippen LogP contribution in [-0.4, -0.2) is 89.0 Å². The topological polar surface area (TPSA) is 95.1 Å². The third-order valence-corrected chi connectivity index (χ3v) is 4.75. The minimum absolute atomic E-state index is 0.00436. The van der Waals surface area contributed by atoms with E-state index >= 15 is 0 Å². The van der Waals surface area contributed by atoms with Crippen molar-refractivity contribution in [1.29, 1.82) is 0 Å². The Labute approximate surface area is 197 Å². The number of hydrogen-bond donors (Lipinski definition) is 2. The number of amides is 2. The second kappa shape index (κ2) is 23.2. The summed E-state index contributed by atoms with van der Waals surface area (Å²) in [7, 11) is 0. The monoisotopic (exact) mass is 482 g/mol. The number of halogens is 1. The van der Waals surface area contributed by atoms with Crippen LogP contribution in [0.3, 0.4) is 0 Å². The van der Waals surface area contributed by atoms with Gasteiger partial charge in [-0.05, 0) is 58.6 Å². The van der Waals surface area contributed by atoms with E-state index in [1.807, 2.05) is 13.8 Å². The van der Waals surface area contributed by atoms with Gasteiger partial charge in [0.05, 0.1) is 32.5 Å². The van der Waals surface area contributed by atoms with E-state index in [0.29, 0.717) is 39.6 Å². The highest BCUT2D eigenvalue weighted by atomic mass is 32.2. The van der Waals surface area contributed by atoms with Crippen molar-refractivity contribution < 1.29 is 32.9 Å². The molecule has 8 nitrogen and oxygen atoms in total. The van der Waals surface area contributed by atoms with Crippen LogP contribution >= 0.6 is 11.8 Å². The van der Waals surface area contributed by atoms with Gasteiger partial charge in [0.25, 0.3) is 5.24 Å². The first kappa shape index (κ1) is 31.1. The van der Waals surface area contributed by atoms with Crippen molar-refractivity contribution in [2.75, 3.05) is 65.6 Å². The molecule has 2 amide bonds. The number of rotatable bonds is 22. The number of carbonyl (C=O) groups is 2. The summed E-state index contributed by atoms with van der Waals surface area (Å²) in [6, 6.07) is 0. The highest BCUT2D eigenvalue weighted by Gasteiger charge is 2.08. The van der Waals surface area contributed by atoms with E-state index in [2.05, 4.69) is 10.6 Å². The van der Waals surface area contributed by atoms with Crippen LogP contribution in [0.15, 0.2) is 0 Å². The zero-order valence-electron chi connectivity index (χ0n) is 20.0. The van der Waals surface area contributed by atoms with Crippen molar-refractivity contribution in [1.82, 2.24) is 10.6 Å². The lowest BCUT2D eigenvalue weighted by Crippen LogP contribution is -2.29. The minimum atomic E-state index is -1.18. The smallest absolute Gasteiger partial charge is 0.278 e. The molecular weight excluding hydrogens is 439 g/mol. The van der Waals surface area contributed by atoms with Crippen LogP contribution in [0.4, 0.5) is 9.18 Å². The standard InChI is InChI=1S/C22H43FN2O6S/c1-19(2)31-18-21(26)24-10-6-4-7-11-28-14-15-29-12-8-5-9-13-30-17-20(23)16-25-22(27)32-3/h19-20H,4-18H2,1-3H3,(H,24,26)(H,25,27). The maximum absolute atomic E-state index is 13.5. The lowest BCUT2D eigenvalue weighted by atomic mass is 10.2. The molecule has 0 aliphatic rings. The van der Waals surface area contributed by atoms with E-state index < -0.39 is 6.17 Å². The Bertz CT molecular complexity index is 460. The van der Waals surface area contributed by atoms with Gasteiger partial charge < -0.3 is 29.6 Å². The van der Waals surface area contributed by atoms with Gasteiger partial charge in [-0.2, -0.15) is 0 Å². The SMILES string of the molecule is CSC(=O)NCC(F)COCCCCCOCCOCCCCCNC(=O)COC(C)C. The van der Waals surface area contributed by atoms with E-state index in [0.717, 1.165) is 50.3 Å². The Kier molecular flexibility index (Phi) is 22.5. The molecule has 0 heterocycles. The van der Waals surface area contributed by atoms with Crippen molar-refractivity contribution in [2.45, 2.75) is 64.6 Å². The molecule has 0 saturated heterocycles. The van der Waals surface area contributed by atoms with Crippen molar-refractivity contribution in [3.05, 3.63) is 0 Å². The molecule has 1 atom stereocenters. The number of nitrogens with one attached hydrogen (secondary N) is 2. The molecule has 2 N–H and O–H groups in total. The Morgan fingerprint density at radius 1 is 0.844 bits per heavy atom. The van der Waals surface area contributed by atoms with Gasteiger partial charge in [-0.25, -0.2) is 4.39 Å². The van der Waals surface area contributed by atoms with E-state index in [-0.39, 0.29) is 37.0 Å². The number of ether oxygens (including phenoxy) is 4. The van der Waals surface area contributed by atoms with Crippen LogP contribution in [0, 0.1) is 0 Å². The molecule has 190 valence electrons. The van der Waals surface area contributed by atoms with Crippen molar-refractivity contribution >= 4 is 22.9 Å². The number of carbonyl (C=O) groups excluding carboxylic acids is 2. The fraction of sp³-hybridized carbons (Fsp3) is 0.909. The molecule has 0 aromatic carbocycles. The summed E-state index contributed by atoms with van der Waals surface area (Å²) >= 11 is 1.03. The lowest BCUT2D eigenvalue weighted by Gasteiger charge is -2.10. The second-order valence-corrected chi connectivity index (χ2v) is 8.38. The third kappa shape index (κ3) is 23.7. The molecule has 32 heavy (non-hydrogen) atoms. The first-order valence-electron chi connectivity index (χ1n) is 11.5. The summed E-state index contributed by atoms with van der Waals surface area (Å²) in [6.45, 7) is 7.63. The molecule has 0 aromatic heterocycles. The maximum atomic E-state index is 13.5. The summed E-state index contributed by atoms with van der Waals surface area (Å²) < 4.78 is 35.0. The number of thioether (sulfide) groups is 1. The molecule has 0 bridgehead atoms. The molecule has 0 aliphatic carbocycles. The van der Waals surface area contributed by atoms with Crippen LogP contribution in [0.2, 0.25) is 0 Å². The summed E-state index contributed by atoms with van der Waals surface area (Å²) in [5, 5.41) is 5.08. The van der Waals surface area contributed by atoms with Gasteiger partial charge in [0.15, 0.2) is 0 Å². The van der Waals surface area contributed by atoms with Crippen LogP contribution < -0.4 is 10.6 Å². The molecule has 10 heteroatoms. The summed E-state index contributed by atoms with van der Waals surface area (Å²) in [6.07, 6.45) is 6.18. The zero-order valence-corrected chi connectivity index (χ0v) is 20.8. The Morgan fingerprint density at radius 3 is 2.03 bits per heavy atom. The van der Waals surface area contributed by atoms with Gasteiger partial charge >= 0.3 is 0 Å². The predicted molar refractivity (Wildman–Crippen MR) is 126 cm³/mol. The minimum Gasteiger partial charge on any atom is -0.379 e. The van der Waals surface area contributed by atoms with E-state index in [1.165, 1.54) is 0 Å². The number of hydrogen-bond acceptors (Lipinski definition) is 7. The largest absolute Gasteiger partial charge is 0.379 e. The number of unbranched alkanes of at least 4 members (excludes halogenated alkanes) is 4. The summed E-state index contributed by atoms with van der Waals surface area (Å²) in [4.78, 5) is 22.5. The Morgan fingerprint density at radius 2 is 1.44 bits per heavy atom. The quantitative estimate of drug-likeness (QED) is 0.229. The average molecular weight is 483 g/mol. The molecule has 0 fully saturated rings. The maximum Gasteiger partial charge on any atom is 0.278 e. The summed E-state index contributed by atoms with van der Waals surface area (Å²) in [5.74, 6) is -0.0681. The molecule has 1 unspecified atom stereocenters. The fourth-order valence-electron chi connectivity index (χ4n) is 2.47.